The largest absolute Gasteiger partial charge is 0.383 e. The Labute approximate surface area is 139 Å². The molecule has 0 bridgehead atoms. The van der Waals surface area contributed by atoms with Crippen LogP contribution in [-0.4, -0.2) is 20.9 Å². The molecule has 0 spiro atoms. The van der Waals surface area contributed by atoms with Gasteiger partial charge in [-0.3, -0.25) is 4.79 Å². The van der Waals surface area contributed by atoms with Crippen LogP contribution >= 0.6 is 0 Å². The number of nitrogens with zero attached hydrogens (tertiary/aromatic N) is 3. The van der Waals surface area contributed by atoms with Crippen molar-refractivity contribution in [2.24, 2.45) is 0 Å². The van der Waals surface area contributed by atoms with Crippen LogP contribution in [-0.2, 0) is 0 Å². The smallest absolute Gasteiger partial charge is 0.262 e. The molecule has 3 N–H and O–H groups in total. The standard InChI is InChI=1S/C18H17N5O/c1-11-14(13-6-4-3-5-7-13)8-9-16(21-11)23-18(24)15-10-20-12(2)22-17(15)19/h3-10H,1-2H3,(H2,19,20,22)(H,21,23,24). The van der Waals surface area contributed by atoms with Gasteiger partial charge in [0.05, 0.1) is 0 Å². The number of aryl methyl sites for hydroxylation is 2. The Kier molecular flexibility index (Phi) is 4.20. The third-order valence-electron chi connectivity index (χ3n) is 3.60. The highest BCUT2D eigenvalue weighted by Crippen LogP contribution is 2.23. The van der Waals surface area contributed by atoms with Crippen molar-refractivity contribution in [3.8, 4) is 11.1 Å². The van der Waals surface area contributed by atoms with Gasteiger partial charge < -0.3 is 11.1 Å². The molecule has 0 aliphatic carbocycles. The quantitative estimate of drug-likeness (QED) is 0.774. The maximum absolute atomic E-state index is 12.3. The van der Waals surface area contributed by atoms with E-state index in [0.29, 0.717) is 11.6 Å². The lowest BCUT2D eigenvalue weighted by atomic mass is 10.0. The minimum atomic E-state index is -0.383. The summed E-state index contributed by atoms with van der Waals surface area (Å²) in [5, 5.41) is 2.73. The molecular formula is C18H17N5O. The number of hydrogen-bond donors (Lipinski definition) is 2. The van der Waals surface area contributed by atoms with E-state index in [2.05, 4.69) is 20.3 Å². The number of nitrogens with two attached hydrogens (primary N) is 1. The fourth-order valence-electron chi connectivity index (χ4n) is 2.40. The molecule has 2 heterocycles. The number of carbonyl (C=O) groups excluding carboxylic acids is 1. The van der Waals surface area contributed by atoms with Gasteiger partial charge in [0.2, 0.25) is 0 Å². The second-order valence-electron chi connectivity index (χ2n) is 5.37. The Bertz CT molecular complexity index is 893. The van der Waals surface area contributed by atoms with E-state index in [-0.39, 0.29) is 17.3 Å². The van der Waals surface area contributed by atoms with E-state index in [9.17, 15) is 4.79 Å². The van der Waals surface area contributed by atoms with Crippen molar-refractivity contribution in [3.05, 3.63) is 65.7 Å². The van der Waals surface area contributed by atoms with Crippen LogP contribution < -0.4 is 11.1 Å². The maximum Gasteiger partial charge on any atom is 0.262 e. The Morgan fingerprint density at radius 3 is 2.46 bits per heavy atom. The fraction of sp³-hybridized carbons (Fsp3) is 0.111. The van der Waals surface area contributed by atoms with Crippen molar-refractivity contribution < 1.29 is 4.79 Å². The van der Waals surface area contributed by atoms with Crippen LogP contribution in [0.2, 0.25) is 0 Å². The SMILES string of the molecule is Cc1ncc(C(=O)Nc2ccc(-c3ccccc3)c(C)n2)c(N)n1. The summed E-state index contributed by atoms with van der Waals surface area (Å²) in [4.78, 5) is 24.7. The highest BCUT2D eigenvalue weighted by Gasteiger charge is 2.13. The summed E-state index contributed by atoms with van der Waals surface area (Å²) < 4.78 is 0. The molecule has 0 atom stereocenters. The first-order valence-electron chi connectivity index (χ1n) is 7.48. The molecule has 3 aromatic rings. The summed E-state index contributed by atoms with van der Waals surface area (Å²) in [6, 6.07) is 13.7. The van der Waals surface area contributed by atoms with E-state index in [4.69, 9.17) is 5.73 Å². The highest BCUT2D eigenvalue weighted by molar-refractivity contribution is 6.06. The molecule has 6 heteroatoms. The Hall–Kier alpha value is -3.28. The first-order chi connectivity index (χ1) is 11.5. The van der Waals surface area contributed by atoms with Crippen LogP contribution in [0.3, 0.4) is 0 Å². The molecule has 24 heavy (non-hydrogen) atoms. The number of aromatic nitrogens is 3. The van der Waals surface area contributed by atoms with Gasteiger partial charge in [-0.05, 0) is 31.5 Å². The average Bonchev–Trinajstić information content (AvgIpc) is 2.55. The minimum absolute atomic E-state index is 0.151. The van der Waals surface area contributed by atoms with Gasteiger partial charge in [0.1, 0.15) is 23.0 Å². The number of anilines is 2. The van der Waals surface area contributed by atoms with Crippen LogP contribution in [0.25, 0.3) is 11.1 Å². The lowest BCUT2D eigenvalue weighted by molar-refractivity contribution is 0.102. The number of amides is 1. The molecule has 0 saturated heterocycles. The van der Waals surface area contributed by atoms with Crippen LogP contribution in [0, 0.1) is 13.8 Å². The maximum atomic E-state index is 12.3. The predicted octanol–water partition coefficient (Wildman–Crippen LogP) is 2.99. The fourth-order valence-corrected chi connectivity index (χ4v) is 2.40. The van der Waals surface area contributed by atoms with E-state index in [1.807, 2.05) is 43.3 Å². The predicted molar refractivity (Wildman–Crippen MR) is 93.5 cm³/mol. The van der Waals surface area contributed by atoms with Gasteiger partial charge in [-0.15, -0.1) is 0 Å². The van der Waals surface area contributed by atoms with Gasteiger partial charge in [-0.2, -0.15) is 0 Å². The molecule has 0 unspecified atom stereocenters. The third kappa shape index (κ3) is 3.22. The Balaban J connectivity index is 1.83. The number of nitrogens with one attached hydrogen (secondary N) is 1. The molecule has 0 aliphatic heterocycles. The van der Waals surface area contributed by atoms with Crippen LogP contribution in [0.5, 0.6) is 0 Å². The van der Waals surface area contributed by atoms with Crippen molar-refractivity contribution >= 4 is 17.5 Å². The first kappa shape index (κ1) is 15.6. The third-order valence-corrected chi connectivity index (χ3v) is 3.60. The van der Waals surface area contributed by atoms with Crippen molar-refractivity contribution in [2.75, 3.05) is 11.1 Å². The first-order valence-corrected chi connectivity index (χ1v) is 7.48. The molecular weight excluding hydrogens is 302 g/mol. The van der Waals surface area contributed by atoms with Crippen molar-refractivity contribution in [1.29, 1.82) is 0 Å². The van der Waals surface area contributed by atoms with Gasteiger partial charge in [0.15, 0.2) is 0 Å². The zero-order valence-corrected chi connectivity index (χ0v) is 13.4. The second-order valence-corrected chi connectivity index (χ2v) is 5.37. The zero-order chi connectivity index (χ0) is 17.1. The van der Waals surface area contributed by atoms with Crippen molar-refractivity contribution in [1.82, 2.24) is 15.0 Å². The zero-order valence-electron chi connectivity index (χ0n) is 13.4. The summed E-state index contributed by atoms with van der Waals surface area (Å²) in [5.74, 6) is 0.742. The van der Waals surface area contributed by atoms with E-state index in [1.54, 1.807) is 13.0 Å². The van der Waals surface area contributed by atoms with Crippen molar-refractivity contribution in [3.63, 3.8) is 0 Å². The topological polar surface area (TPSA) is 93.8 Å². The molecule has 0 fully saturated rings. The number of carbonyl (C=O) groups is 1. The van der Waals surface area contributed by atoms with E-state index >= 15 is 0 Å². The summed E-state index contributed by atoms with van der Waals surface area (Å²) >= 11 is 0. The van der Waals surface area contributed by atoms with Gasteiger partial charge in [0, 0.05) is 17.5 Å². The van der Waals surface area contributed by atoms with Crippen LogP contribution in [0.1, 0.15) is 21.9 Å². The normalized spacial score (nSPS) is 10.4. The van der Waals surface area contributed by atoms with Gasteiger partial charge >= 0.3 is 0 Å². The van der Waals surface area contributed by atoms with Crippen LogP contribution in [0.15, 0.2) is 48.7 Å². The molecule has 0 saturated carbocycles. The molecule has 6 nitrogen and oxygen atoms in total. The summed E-state index contributed by atoms with van der Waals surface area (Å²) in [6.07, 6.45) is 1.41. The number of rotatable bonds is 3. The summed E-state index contributed by atoms with van der Waals surface area (Å²) in [7, 11) is 0. The van der Waals surface area contributed by atoms with Gasteiger partial charge in [-0.25, -0.2) is 15.0 Å². The molecule has 3 rings (SSSR count). The highest BCUT2D eigenvalue weighted by atomic mass is 16.1. The molecule has 2 aromatic heterocycles. The molecule has 1 aromatic carbocycles. The lowest BCUT2D eigenvalue weighted by Crippen LogP contribution is -2.16. The van der Waals surface area contributed by atoms with E-state index < -0.39 is 0 Å². The Morgan fingerprint density at radius 1 is 1.04 bits per heavy atom. The lowest BCUT2D eigenvalue weighted by Gasteiger charge is -2.10. The molecule has 0 aliphatic rings. The molecule has 120 valence electrons. The number of hydrogen-bond acceptors (Lipinski definition) is 5. The van der Waals surface area contributed by atoms with E-state index in [1.165, 1.54) is 6.20 Å². The average molecular weight is 319 g/mol. The Morgan fingerprint density at radius 2 is 1.79 bits per heavy atom. The number of pyridine rings is 1. The number of nitrogen functional groups attached to an aromatic ring is 1. The summed E-state index contributed by atoms with van der Waals surface area (Å²) in [6.45, 7) is 3.62. The van der Waals surface area contributed by atoms with Crippen molar-refractivity contribution in [2.45, 2.75) is 13.8 Å². The second kappa shape index (κ2) is 6.45. The minimum Gasteiger partial charge on any atom is -0.383 e. The van der Waals surface area contributed by atoms with E-state index in [0.717, 1.165) is 16.8 Å². The van der Waals surface area contributed by atoms with Crippen LogP contribution in [0.4, 0.5) is 11.6 Å². The van der Waals surface area contributed by atoms with Gasteiger partial charge in [-0.1, -0.05) is 30.3 Å². The monoisotopic (exact) mass is 319 g/mol. The van der Waals surface area contributed by atoms with Gasteiger partial charge in [0.25, 0.3) is 5.91 Å². The summed E-state index contributed by atoms with van der Waals surface area (Å²) in [5.41, 5.74) is 8.93. The number of benzene rings is 1. The molecule has 0 radical (unpaired) electrons. The molecule has 1 amide bonds.